The van der Waals surface area contributed by atoms with E-state index in [0.717, 1.165) is 0 Å². The molecular formula is C4H2BrF5. The van der Waals surface area contributed by atoms with Crippen LogP contribution in [-0.2, 0) is 0 Å². The summed E-state index contributed by atoms with van der Waals surface area (Å²) in [7, 11) is 0. The minimum Gasteiger partial charge on any atom is -0.228 e. The van der Waals surface area contributed by atoms with Crippen molar-refractivity contribution < 1.29 is 22.0 Å². The van der Waals surface area contributed by atoms with Crippen LogP contribution in [0.5, 0.6) is 0 Å². The first-order valence-electron chi connectivity index (χ1n) is 2.06. The monoisotopic (exact) mass is 224 g/mol. The van der Waals surface area contributed by atoms with E-state index in [-0.39, 0.29) is 0 Å². The van der Waals surface area contributed by atoms with E-state index in [0.29, 0.717) is 0 Å². The minimum absolute atomic E-state index is 0.744. The number of halogens is 6. The summed E-state index contributed by atoms with van der Waals surface area (Å²) in [6.45, 7) is 0. The molecule has 0 saturated heterocycles. The van der Waals surface area contributed by atoms with Gasteiger partial charge in [0.2, 0.25) is 5.08 Å². The maximum Gasteiger partial charge on any atom is 0.312 e. The van der Waals surface area contributed by atoms with Crippen LogP contribution in [0.1, 0.15) is 0 Å². The lowest BCUT2D eigenvalue weighted by molar-refractivity contribution is 0.0109. The summed E-state index contributed by atoms with van der Waals surface area (Å²) in [4.78, 5) is 0. The molecule has 0 aliphatic heterocycles. The second-order valence-corrected chi connectivity index (χ2v) is 2.21. The van der Waals surface area contributed by atoms with Gasteiger partial charge in [-0.2, -0.15) is 17.6 Å². The van der Waals surface area contributed by atoms with Crippen molar-refractivity contribution in [3.63, 3.8) is 0 Å². The van der Waals surface area contributed by atoms with Gasteiger partial charge in [-0.15, -0.1) is 0 Å². The van der Waals surface area contributed by atoms with Crippen LogP contribution >= 0.6 is 15.9 Å². The first-order valence-corrected chi connectivity index (χ1v) is 2.97. The molecule has 0 bridgehead atoms. The van der Waals surface area contributed by atoms with Crippen molar-refractivity contribution in [2.24, 2.45) is 0 Å². The SMILES string of the molecule is FC(F)=CC(F)(F)C(F)Br. The molecule has 10 heavy (non-hydrogen) atoms. The van der Waals surface area contributed by atoms with Crippen LogP contribution in [0.25, 0.3) is 0 Å². The second kappa shape index (κ2) is 3.32. The van der Waals surface area contributed by atoms with Crippen LogP contribution in [-0.4, -0.2) is 11.0 Å². The Balaban J connectivity index is 4.27. The largest absolute Gasteiger partial charge is 0.312 e. The van der Waals surface area contributed by atoms with E-state index in [2.05, 4.69) is 0 Å². The summed E-state index contributed by atoms with van der Waals surface area (Å²) in [5, 5.41) is -2.78. The van der Waals surface area contributed by atoms with Gasteiger partial charge in [0.15, 0.2) is 0 Å². The highest BCUT2D eigenvalue weighted by atomic mass is 79.9. The lowest BCUT2D eigenvalue weighted by atomic mass is 10.4. The third kappa shape index (κ3) is 3.14. The average molecular weight is 225 g/mol. The van der Waals surface area contributed by atoms with E-state index in [1.54, 1.807) is 0 Å². The molecule has 60 valence electrons. The Bertz CT molecular complexity index is 137. The number of hydrogen-bond acceptors (Lipinski definition) is 0. The van der Waals surface area contributed by atoms with Crippen LogP contribution in [0.2, 0.25) is 0 Å². The fourth-order valence-electron chi connectivity index (χ4n) is 0.208. The molecular weight excluding hydrogens is 223 g/mol. The van der Waals surface area contributed by atoms with E-state index in [4.69, 9.17) is 0 Å². The van der Waals surface area contributed by atoms with Gasteiger partial charge in [-0.1, -0.05) is 0 Å². The van der Waals surface area contributed by atoms with Crippen LogP contribution in [0, 0.1) is 0 Å². The molecule has 0 saturated carbocycles. The molecule has 0 radical (unpaired) electrons. The van der Waals surface area contributed by atoms with Crippen molar-refractivity contribution in [3.05, 3.63) is 12.2 Å². The molecule has 0 amide bonds. The molecule has 1 unspecified atom stereocenters. The summed E-state index contributed by atoms with van der Waals surface area (Å²) in [5.74, 6) is -4.14. The van der Waals surface area contributed by atoms with Gasteiger partial charge >= 0.3 is 5.92 Å². The highest BCUT2D eigenvalue weighted by molar-refractivity contribution is 9.09. The topological polar surface area (TPSA) is 0 Å². The summed E-state index contributed by atoms with van der Waals surface area (Å²) < 4.78 is 57.4. The quantitative estimate of drug-likeness (QED) is 0.500. The molecule has 0 N–H and O–H groups in total. The fourth-order valence-corrected chi connectivity index (χ4v) is 0.341. The standard InChI is InChI=1S/C4H2BrF5/c5-3(8)4(9,10)1-2(6)7/h1,3H. The maximum atomic E-state index is 11.8. The number of hydrogen-bond donors (Lipinski definition) is 0. The molecule has 0 nitrogen and oxygen atoms in total. The first-order chi connectivity index (χ1) is 4.36. The number of allylic oxidation sites excluding steroid dienone is 1. The number of rotatable bonds is 2. The summed E-state index contributed by atoms with van der Waals surface area (Å²) in [6.07, 6.45) is -3.35. The van der Waals surface area contributed by atoms with Crippen molar-refractivity contribution in [2.75, 3.05) is 0 Å². The Hall–Kier alpha value is -0.130. The summed E-state index contributed by atoms with van der Waals surface area (Å²) >= 11 is 1.83. The van der Waals surface area contributed by atoms with E-state index in [9.17, 15) is 22.0 Å². The molecule has 0 heterocycles. The molecule has 0 aromatic heterocycles. The van der Waals surface area contributed by atoms with Crippen LogP contribution in [0.15, 0.2) is 12.2 Å². The molecule has 1 atom stereocenters. The zero-order valence-electron chi connectivity index (χ0n) is 4.42. The molecule has 0 aromatic rings. The molecule has 0 fully saturated rings. The first kappa shape index (κ1) is 9.87. The summed E-state index contributed by atoms with van der Waals surface area (Å²) in [5.41, 5.74) is 0. The van der Waals surface area contributed by atoms with Crippen molar-refractivity contribution in [2.45, 2.75) is 11.0 Å². The van der Waals surface area contributed by atoms with Gasteiger partial charge in [0, 0.05) is 0 Å². The van der Waals surface area contributed by atoms with Crippen LogP contribution in [0.4, 0.5) is 22.0 Å². The van der Waals surface area contributed by atoms with Crippen LogP contribution in [0.3, 0.4) is 0 Å². The minimum atomic E-state index is -4.14. The van der Waals surface area contributed by atoms with E-state index >= 15 is 0 Å². The molecule has 0 aliphatic carbocycles. The average Bonchev–Trinajstić information content (AvgIpc) is 1.60. The third-order valence-corrected chi connectivity index (χ3v) is 1.20. The van der Waals surface area contributed by atoms with Gasteiger partial charge in [0.05, 0.1) is 6.08 Å². The fraction of sp³-hybridized carbons (Fsp3) is 0.500. The Morgan fingerprint density at radius 2 is 1.80 bits per heavy atom. The zero-order chi connectivity index (χ0) is 8.36. The Labute approximate surface area is 61.8 Å². The van der Waals surface area contributed by atoms with Gasteiger partial charge < -0.3 is 0 Å². The molecule has 0 aliphatic rings. The van der Waals surface area contributed by atoms with Gasteiger partial charge in [-0.05, 0) is 15.9 Å². The molecule has 0 rings (SSSR count). The maximum absolute atomic E-state index is 11.8. The van der Waals surface area contributed by atoms with E-state index in [1.807, 2.05) is 15.9 Å². The smallest absolute Gasteiger partial charge is 0.228 e. The normalized spacial score (nSPS) is 14.6. The predicted octanol–water partition coefficient (Wildman–Crippen LogP) is 3.09. The Morgan fingerprint density at radius 1 is 1.40 bits per heavy atom. The zero-order valence-corrected chi connectivity index (χ0v) is 6.01. The van der Waals surface area contributed by atoms with Gasteiger partial charge in [-0.3, -0.25) is 0 Å². The van der Waals surface area contributed by atoms with E-state index < -0.39 is 23.2 Å². The van der Waals surface area contributed by atoms with Crippen molar-refractivity contribution in [1.29, 1.82) is 0 Å². The van der Waals surface area contributed by atoms with Gasteiger partial charge in [0.1, 0.15) is 0 Å². The molecule has 0 spiro atoms. The second-order valence-electron chi connectivity index (χ2n) is 1.41. The lowest BCUT2D eigenvalue weighted by Crippen LogP contribution is -2.21. The third-order valence-electron chi connectivity index (χ3n) is 0.592. The van der Waals surface area contributed by atoms with Gasteiger partial charge in [-0.25, -0.2) is 4.39 Å². The summed E-state index contributed by atoms with van der Waals surface area (Å²) in [6, 6.07) is 0. The van der Waals surface area contributed by atoms with E-state index in [1.165, 1.54) is 0 Å². The highest BCUT2D eigenvalue weighted by Gasteiger charge is 2.37. The Kier molecular flexibility index (Phi) is 3.27. The number of alkyl halides is 4. The molecule has 0 aromatic carbocycles. The van der Waals surface area contributed by atoms with Crippen molar-refractivity contribution in [3.8, 4) is 0 Å². The van der Waals surface area contributed by atoms with Crippen LogP contribution < -0.4 is 0 Å². The lowest BCUT2D eigenvalue weighted by Gasteiger charge is -2.09. The van der Waals surface area contributed by atoms with Crippen molar-refractivity contribution >= 4 is 15.9 Å². The van der Waals surface area contributed by atoms with Gasteiger partial charge in [0.25, 0.3) is 6.08 Å². The van der Waals surface area contributed by atoms with Crippen molar-refractivity contribution in [1.82, 2.24) is 0 Å². The Morgan fingerprint density at radius 3 is 1.90 bits per heavy atom. The predicted molar refractivity (Wildman–Crippen MR) is 29.1 cm³/mol. The highest BCUT2D eigenvalue weighted by Crippen LogP contribution is 2.28. The molecule has 6 heteroatoms.